The van der Waals surface area contributed by atoms with Crippen LogP contribution in [-0.2, 0) is 0 Å². The second kappa shape index (κ2) is 5.85. The second-order valence-corrected chi connectivity index (χ2v) is 4.89. The van der Waals surface area contributed by atoms with Crippen LogP contribution in [0.2, 0.25) is 0 Å². The van der Waals surface area contributed by atoms with Crippen molar-refractivity contribution in [2.24, 2.45) is 5.84 Å². The van der Waals surface area contributed by atoms with Crippen molar-refractivity contribution in [2.45, 2.75) is 6.92 Å². The zero-order valence-electron chi connectivity index (χ0n) is 10.6. The molecule has 0 unspecified atom stereocenters. The summed E-state index contributed by atoms with van der Waals surface area (Å²) in [6.45, 7) is 1.92. The van der Waals surface area contributed by atoms with Gasteiger partial charge in [0.15, 0.2) is 0 Å². The van der Waals surface area contributed by atoms with E-state index in [1.54, 1.807) is 0 Å². The fourth-order valence-corrected chi connectivity index (χ4v) is 2.01. The first-order valence-electron chi connectivity index (χ1n) is 5.66. The van der Waals surface area contributed by atoms with Crippen LogP contribution in [-0.4, -0.2) is 9.91 Å². The van der Waals surface area contributed by atoms with Gasteiger partial charge < -0.3 is 10.7 Å². The standard InChI is InChI=1S/C12H12BrN5O2/c1-7-9(13)3-2-4-10(7)15-11-5-8(18(19)20)6-12(16-11)17-14/h2-6H,14H2,1H3,(H2,15,16,17). The molecule has 2 aromatic rings. The Hall–Kier alpha value is -2.19. The van der Waals surface area contributed by atoms with Gasteiger partial charge in [-0.3, -0.25) is 10.1 Å². The Morgan fingerprint density at radius 1 is 1.35 bits per heavy atom. The van der Waals surface area contributed by atoms with Crippen LogP contribution >= 0.6 is 15.9 Å². The zero-order chi connectivity index (χ0) is 14.7. The molecule has 0 aliphatic carbocycles. The Balaban J connectivity index is 2.40. The van der Waals surface area contributed by atoms with E-state index >= 15 is 0 Å². The zero-order valence-corrected chi connectivity index (χ0v) is 12.1. The van der Waals surface area contributed by atoms with Crippen molar-refractivity contribution < 1.29 is 4.92 Å². The molecule has 0 aliphatic rings. The maximum atomic E-state index is 10.9. The predicted octanol–water partition coefficient (Wildman–Crippen LogP) is 3.09. The van der Waals surface area contributed by atoms with Crippen molar-refractivity contribution in [3.05, 3.63) is 50.5 Å². The van der Waals surface area contributed by atoms with Gasteiger partial charge in [-0.25, -0.2) is 10.8 Å². The maximum absolute atomic E-state index is 10.9. The van der Waals surface area contributed by atoms with Crippen LogP contribution in [0.4, 0.5) is 23.0 Å². The monoisotopic (exact) mass is 337 g/mol. The molecule has 104 valence electrons. The topological polar surface area (TPSA) is 106 Å². The van der Waals surface area contributed by atoms with Gasteiger partial charge in [0.2, 0.25) is 0 Å². The molecule has 0 aliphatic heterocycles. The van der Waals surface area contributed by atoms with Crippen molar-refractivity contribution in [2.75, 3.05) is 10.7 Å². The van der Waals surface area contributed by atoms with Gasteiger partial charge in [0, 0.05) is 10.2 Å². The van der Waals surface area contributed by atoms with Crippen molar-refractivity contribution in [1.82, 2.24) is 4.98 Å². The molecule has 20 heavy (non-hydrogen) atoms. The third kappa shape index (κ3) is 3.03. The molecule has 0 radical (unpaired) electrons. The van der Waals surface area contributed by atoms with Crippen LogP contribution in [0.3, 0.4) is 0 Å². The largest absolute Gasteiger partial charge is 0.340 e. The minimum absolute atomic E-state index is 0.0944. The molecule has 0 spiro atoms. The maximum Gasteiger partial charge on any atom is 0.276 e. The van der Waals surface area contributed by atoms with E-state index in [1.165, 1.54) is 12.1 Å². The average Bonchev–Trinajstić information content (AvgIpc) is 2.43. The van der Waals surface area contributed by atoms with Crippen molar-refractivity contribution in [3.8, 4) is 0 Å². The number of benzene rings is 1. The fraction of sp³-hybridized carbons (Fsp3) is 0.0833. The van der Waals surface area contributed by atoms with Crippen LogP contribution in [0.5, 0.6) is 0 Å². The number of hydrazine groups is 1. The number of nitro groups is 1. The highest BCUT2D eigenvalue weighted by molar-refractivity contribution is 9.10. The number of nitrogens with zero attached hydrogens (tertiary/aromatic N) is 2. The number of nitrogen functional groups attached to an aromatic ring is 1. The molecule has 0 amide bonds. The van der Waals surface area contributed by atoms with E-state index in [1.807, 2.05) is 25.1 Å². The lowest BCUT2D eigenvalue weighted by atomic mass is 10.2. The molecular formula is C12H12BrN5O2. The first-order chi connectivity index (χ1) is 9.51. The summed E-state index contributed by atoms with van der Waals surface area (Å²) in [5.41, 5.74) is 3.99. The summed E-state index contributed by atoms with van der Waals surface area (Å²) in [6.07, 6.45) is 0. The number of anilines is 3. The Kier molecular flexibility index (Phi) is 4.16. The molecule has 4 N–H and O–H groups in total. The van der Waals surface area contributed by atoms with E-state index in [-0.39, 0.29) is 11.5 Å². The third-order valence-electron chi connectivity index (χ3n) is 2.70. The van der Waals surface area contributed by atoms with Crippen molar-refractivity contribution >= 4 is 38.9 Å². The Morgan fingerprint density at radius 3 is 2.70 bits per heavy atom. The molecule has 0 bridgehead atoms. The minimum atomic E-state index is -0.499. The summed E-state index contributed by atoms with van der Waals surface area (Å²) in [6, 6.07) is 8.24. The van der Waals surface area contributed by atoms with Gasteiger partial charge in [-0.2, -0.15) is 0 Å². The summed E-state index contributed by atoms with van der Waals surface area (Å²) in [5.74, 6) is 5.82. The Morgan fingerprint density at radius 2 is 2.05 bits per heavy atom. The molecule has 1 aromatic carbocycles. The van der Waals surface area contributed by atoms with Crippen LogP contribution in [0.1, 0.15) is 5.56 Å². The van der Waals surface area contributed by atoms with E-state index in [4.69, 9.17) is 5.84 Å². The van der Waals surface area contributed by atoms with E-state index in [0.717, 1.165) is 15.7 Å². The molecule has 1 heterocycles. The Labute approximate surface area is 123 Å². The highest BCUT2D eigenvalue weighted by atomic mass is 79.9. The molecule has 0 atom stereocenters. The van der Waals surface area contributed by atoms with Crippen LogP contribution < -0.4 is 16.6 Å². The summed E-state index contributed by atoms with van der Waals surface area (Å²) in [5, 5.41) is 13.9. The first-order valence-corrected chi connectivity index (χ1v) is 6.46. The molecular weight excluding hydrogens is 326 g/mol. The van der Waals surface area contributed by atoms with Crippen LogP contribution in [0, 0.1) is 17.0 Å². The van der Waals surface area contributed by atoms with Crippen LogP contribution in [0.15, 0.2) is 34.8 Å². The van der Waals surface area contributed by atoms with Gasteiger partial charge >= 0.3 is 0 Å². The van der Waals surface area contributed by atoms with Gasteiger partial charge in [0.1, 0.15) is 11.6 Å². The minimum Gasteiger partial charge on any atom is -0.340 e. The molecule has 0 saturated carbocycles. The van der Waals surface area contributed by atoms with E-state index in [9.17, 15) is 10.1 Å². The summed E-state index contributed by atoms with van der Waals surface area (Å²) >= 11 is 3.42. The molecule has 8 heteroatoms. The average molecular weight is 338 g/mol. The van der Waals surface area contributed by atoms with Gasteiger partial charge in [-0.15, -0.1) is 0 Å². The molecule has 0 saturated heterocycles. The van der Waals surface area contributed by atoms with Crippen LogP contribution in [0.25, 0.3) is 0 Å². The highest BCUT2D eigenvalue weighted by Gasteiger charge is 2.12. The quantitative estimate of drug-likeness (QED) is 0.449. The number of rotatable bonds is 4. The van der Waals surface area contributed by atoms with Gasteiger partial charge in [0.25, 0.3) is 5.69 Å². The van der Waals surface area contributed by atoms with Gasteiger partial charge in [-0.05, 0) is 24.6 Å². The van der Waals surface area contributed by atoms with Crippen molar-refractivity contribution in [1.29, 1.82) is 0 Å². The lowest BCUT2D eigenvalue weighted by molar-refractivity contribution is -0.384. The Bertz CT molecular complexity index is 662. The number of hydrogen-bond acceptors (Lipinski definition) is 6. The first kappa shape index (κ1) is 14.2. The summed E-state index contributed by atoms with van der Waals surface area (Å²) in [4.78, 5) is 14.5. The van der Waals surface area contributed by atoms with E-state index in [0.29, 0.717) is 5.82 Å². The number of aromatic nitrogens is 1. The SMILES string of the molecule is Cc1c(Br)cccc1Nc1cc([N+](=O)[O-])cc(NN)n1. The number of nitrogens with two attached hydrogens (primary N) is 1. The predicted molar refractivity (Wildman–Crippen MR) is 80.9 cm³/mol. The van der Waals surface area contributed by atoms with E-state index < -0.39 is 4.92 Å². The molecule has 7 nitrogen and oxygen atoms in total. The normalized spacial score (nSPS) is 10.2. The lowest BCUT2D eigenvalue weighted by Crippen LogP contribution is -2.10. The molecule has 1 aromatic heterocycles. The smallest absolute Gasteiger partial charge is 0.276 e. The summed E-state index contributed by atoms with van der Waals surface area (Å²) < 4.78 is 0.935. The van der Waals surface area contributed by atoms with Gasteiger partial charge in [0.05, 0.1) is 17.1 Å². The molecule has 2 rings (SSSR count). The van der Waals surface area contributed by atoms with E-state index in [2.05, 4.69) is 31.7 Å². The summed E-state index contributed by atoms with van der Waals surface area (Å²) in [7, 11) is 0. The number of pyridine rings is 1. The number of halogens is 1. The molecule has 0 fully saturated rings. The third-order valence-corrected chi connectivity index (χ3v) is 3.56. The van der Waals surface area contributed by atoms with Crippen molar-refractivity contribution in [3.63, 3.8) is 0 Å². The number of hydrogen-bond donors (Lipinski definition) is 3. The highest BCUT2D eigenvalue weighted by Crippen LogP contribution is 2.28. The van der Waals surface area contributed by atoms with Gasteiger partial charge in [-0.1, -0.05) is 22.0 Å². The fourth-order valence-electron chi connectivity index (χ4n) is 1.64. The lowest BCUT2D eigenvalue weighted by Gasteiger charge is -2.11. The second-order valence-electron chi connectivity index (χ2n) is 4.03. The number of nitrogens with one attached hydrogen (secondary N) is 2.